The Morgan fingerprint density at radius 1 is 1.06 bits per heavy atom. The van der Waals surface area contributed by atoms with Crippen molar-refractivity contribution < 1.29 is 9.18 Å². The second-order valence-corrected chi connectivity index (χ2v) is 8.85. The molecule has 0 fully saturated rings. The standard InChI is InChI=1S/C24H19BrClFN4O/c1-14(2)20-13-16(25)5-12-21(20)28-24(32)22-29-23(15-3-8-18(27)9-4-15)31(30-22)19-10-6-17(26)7-11-19/h3-14H,1-2H3,(H,28,32). The molecule has 0 aliphatic heterocycles. The molecular formula is C24H19BrClFN4O. The van der Waals surface area contributed by atoms with Crippen LogP contribution in [-0.2, 0) is 0 Å². The number of benzene rings is 3. The van der Waals surface area contributed by atoms with Crippen molar-refractivity contribution in [1.29, 1.82) is 0 Å². The molecule has 1 heterocycles. The van der Waals surface area contributed by atoms with Crippen molar-refractivity contribution >= 4 is 39.1 Å². The van der Waals surface area contributed by atoms with Gasteiger partial charge in [-0.25, -0.2) is 14.1 Å². The Morgan fingerprint density at radius 2 is 1.75 bits per heavy atom. The van der Waals surface area contributed by atoms with Crippen LogP contribution in [0.2, 0.25) is 5.02 Å². The van der Waals surface area contributed by atoms with Gasteiger partial charge in [-0.3, -0.25) is 4.79 Å². The van der Waals surface area contributed by atoms with E-state index in [0.717, 1.165) is 10.0 Å². The van der Waals surface area contributed by atoms with Crippen molar-refractivity contribution in [3.05, 3.63) is 93.4 Å². The minimum absolute atomic E-state index is 0.00287. The molecule has 32 heavy (non-hydrogen) atoms. The van der Waals surface area contributed by atoms with Gasteiger partial charge < -0.3 is 5.32 Å². The summed E-state index contributed by atoms with van der Waals surface area (Å²) in [4.78, 5) is 17.5. The number of nitrogens with zero attached hydrogens (tertiary/aromatic N) is 3. The van der Waals surface area contributed by atoms with Gasteiger partial charge in [0.05, 0.1) is 5.69 Å². The SMILES string of the molecule is CC(C)c1cc(Br)ccc1NC(=O)c1nc(-c2ccc(F)cc2)n(-c2ccc(Cl)cc2)n1. The highest BCUT2D eigenvalue weighted by Crippen LogP contribution is 2.28. The highest BCUT2D eigenvalue weighted by atomic mass is 79.9. The number of hydrogen-bond acceptors (Lipinski definition) is 3. The van der Waals surface area contributed by atoms with Crippen molar-refractivity contribution in [3.63, 3.8) is 0 Å². The summed E-state index contributed by atoms with van der Waals surface area (Å²) in [6.07, 6.45) is 0. The maximum Gasteiger partial charge on any atom is 0.295 e. The average molecular weight is 514 g/mol. The normalized spacial score (nSPS) is 11.1. The second-order valence-electron chi connectivity index (χ2n) is 7.49. The number of amides is 1. The zero-order valence-electron chi connectivity index (χ0n) is 17.3. The lowest BCUT2D eigenvalue weighted by Gasteiger charge is -2.13. The molecule has 1 aromatic heterocycles. The molecule has 8 heteroatoms. The third kappa shape index (κ3) is 4.74. The fraction of sp³-hybridized carbons (Fsp3) is 0.125. The van der Waals surface area contributed by atoms with E-state index < -0.39 is 5.91 Å². The van der Waals surface area contributed by atoms with Crippen molar-refractivity contribution in [1.82, 2.24) is 14.8 Å². The summed E-state index contributed by atoms with van der Waals surface area (Å²) in [5.41, 5.74) is 2.98. The topological polar surface area (TPSA) is 59.8 Å². The lowest BCUT2D eigenvalue weighted by Crippen LogP contribution is -2.16. The van der Waals surface area contributed by atoms with Crippen molar-refractivity contribution in [3.8, 4) is 17.1 Å². The van der Waals surface area contributed by atoms with Gasteiger partial charge in [0.25, 0.3) is 5.91 Å². The van der Waals surface area contributed by atoms with Crippen LogP contribution in [0.5, 0.6) is 0 Å². The van der Waals surface area contributed by atoms with E-state index in [1.54, 1.807) is 41.1 Å². The summed E-state index contributed by atoms with van der Waals surface area (Å²) < 4.78 is 15.9. The van der Waals surface area contributed by atoms with Gasteiger partial charge in [-0.05, 0) is 78.2 Å². The first kappa shape index (κ1) is 22.2. The van der Waals surface area contributed by atoms with E-state index in [1.807, 2.05) is 18.2 Å². The van der Waals surface area contributed by atoms with E-state index in [4.69, 9.17) is 11.6 Å². The van der Waals surface area contributed by atoms with Gasteiger partial charge in [-0.1, -0.05) is 41.4 Å². The van der Waals surface area contributed by atoms with E-state index in [-0.39, 0.29) is 17.6 Å². The highest BCUT2D eigenvalue weighted by molar-refractivity contribution is 9.10. The molecule has 0 radical (unpaired) electrons. The number of carbonyl (C=O) groups excluding carboxylic acids is 1. The lowest BCUT2D eigenvalue weighted by atomic mass is 10.0. The molecule has 0 aliphatic rings. The predicted molar refractivity (Wildman–Crippen MR) is 128 cm³/mol. The summed E-state index contributed by atoms with van der Waals surface area (Å²) in [6.45, 7) is 4.11. The summed E-state index contributed by atoms with van der Waals surface area (Å²) in [5, 5.41) is 7.94. The number of halogens is 3. The first-order valence-corrected chi connectivity index (χ1v) is 11.1. The largest absolute Gasteiger partial charge is 0.319 e. The van der Waals surface area contributed by atoms with Crippen LogP contribution in [0, 0.1) is 5.82 Å². The van der Waals surface area contributed by atoms with E-state index in [0.29, 0.717) is 27.8 Å². The third-order valence-electron chi connectivity index (χ3n) is 4.87. The predicted octanol–water partition coefficient (Wildman–Crippen LogP) is 6.87. The van der Waals surface area contributed by atoms with E-state index in [2.05, 4.69) is 45.2 Å². The van der Waals surface area contributed by atoms with Crippen molar-refractivity contribution in [2.75, 3.05) is 5.32 Å². The van der Waals surface area contributed by atoms with Crippen LogP contribution in [0.25, 0.3) is 17.1 Å². The number of rotatable bonds is 5. The number of carbonyl (C=O) groups is 1. The first-order valence-electron chi connectivity index (χ1n) is 9.91. The molecular weight excluding hydrogens is 495 g/mol. The highest BCUT2D eigenvalue weighted by Gasteiger charge is 2.20. The molecule has 0 aliphatic carbocycles. The number of anilines is 1. The quantitative estimate of drug-likeness (QED) is 0.317. The maximum absolute atomic E-state index is 13.5. The Labute approximate surface area is 198 Å². The molecule has 1 amide bonds. The summed E-state index contributed by atoms with van der Waals surface area (Å²) in [5.74, 6) is -0.183. The molecule has 4 aromatic rings. The molecule has 0 bridgehead atoms. The monoisotopic (exact) mass is 512 g/mol. The smallest absolute Gasteiger partial charge is 0.295 e. The number of hydrogen-bond donors (Lipinski definition) is 1. The van der Waals surface area contributed by atoms with Gasteiger partial charge >= 0.3 is 0 Å². The first-order chi connectivity index (χ1) is 15.3. The minimum Gasteiger partial charge on any atom is -0.319 e. The number of aromatic nitrogens is 3. The van der Waals surface area contributed by atoms with Crippen LogP contribution in [0.4, 0.5) is 10.1 Å². The lowest BCUT2D eigenvalue weighted by molar-refractivity contribution is 0.101. The summed E-state index contributed by atoms with van der Waals surface area (Å²) in [6, 6.07) is 18.6. The van der Waals surface area contributed by atoms with Gasteiger partial charge in [0.1, 0.15) is 5.82 Å². The molecule has 5 nitrogen and oxygen atoms in total. The van der Waals surface area contributed by atoms with Gasteiger partial charge in [0.15, 0.2) is 5.82 Å². The van der Waals surface area contributed by atoms with E-state index in [1.165, 1.54) is 12.1 Å². The fourth-order valence-corrected chi connectivity index (χ4v) is 3.76. The zero-order valence-corrected chi connectivity index (χ0v) is 19.7. The second kappa shape index (κ2) is 9.22. The van der Waals surface area contributed by atoms with Crippen LogP contribution in [-0.4, -0.2) is 20.7 Å². The molecule has 0 saturated carbocycles. The third-order valence-corrected chi connectivity index (χ3v) is 5.61. The Kier molecular flexibility index (Phi) is 6.39. The van der Waals surface area contributed by atoms with Crippen LogP contribution in [0.3, 0.4) is 0 Å². The van der Waals surface area contributed by atoms with Crippen molar-refractivity contribution in [2.24, 2.45) is 0 Å². The van der Waals surface area contributed by atoms with Gasteiger partial charge in [-0.15, -0.1) is 5.10 Å². The molecule has 1 N–H and O–H groups in total. The van der Waals surface area contributed by atoms with E-state index >= 15 is 0 Å². The van der Waals surface area contributed by atoms with Crippen LogP contribution < -0.4 is 5.32 Å². The van der Waals surface area contributed by atoms with Crippen molar-refractivity contribution in [2.45, 2.75) is 19.8 Å². The van der Waals surface area contributed by atoms with Gasteiger partial charge in [0, 0.05) is 20.7 Å². The maximum atomic E-state index is 13.5. The zero-order chi connectivity index (χ0) is 22.8. The molecule has 0 spiro atoms. The summed E-state index contributed by atoms with van der Waals surface area (Å²) in [7, 11) is 0. The minimum atomic E-state index is -0.440. The van der Waals surface area contributed by atoms with Gasteiger partial charge in [0.2, 0.25) is 5.82 Å². The Morgan fingerprint density at radius 3 is 2.41 bits per heavy atom. The average Bonchev–Trinajstić information content (AvgIpc) is 3.21. The fourth-order valence-electron chi connectivity index (χ4n) is 3.26. The Hall–Kier alpha value is -3.03. The Balaban J connectivity index is 1.75. The van der Waals surface area contributed by atoms with Crippen LogP contribution in [0.15, 0.2) is 71.2 Å². The van der Waals surface area contributed by atoms with Crippen LogP contribution >= 0.6 is 27.5 Å². The van der Waals surface area contributed by atoms with Gasteiger partial charge in [-0.2, -0.15) is 0 Å². The molecule has 0 saturated heterocycles. The molecule has 4 rings (SSSR count). The molecule has 3 aromatic carbocycles. The summed E-state index contributed by atoms with van der Waals surface area (Å²) >= 11 is 9.49. The van der Waals surface area contributed by atoms with Crippen LogP contribution in [0.1, 0.15) is 35.9 Å². The molecule has 0 atom stereocenters. The molecule has 0 unspecified atom stereocenters. The number of nitrogens with one attached hydrogen (secondary N) is 1. The Bertz CT molecular complexity index is 1210. The molecule has 162 valence electrons. The van der Waals surface area contributed by atoms with E-state index in [9.17, 15) is 9.18 Å².